The van der Waals surface area contributed by atoms with Crippen LogP contribution in [0.2, 0.25) is 0 Å². The largest absolute Gasteiger partial charge is 0.378 e. The zero-order chi connectivity index (χ0) is 26.7. The van der Waals surface area contributed by atoms with Gasteiger partial charge in [-0.25, -0.2) is 14.8 Å². The van der Waals surface area contributed by atoms with E-state index in [0.717, 1.165) is 30.6 Å². The van der Waals surface area contributed by atoms with Crippen LogP contribution in [0.15, 0.2) is 53.1 Å². The van der Waals surface area contributed by atoms with Gasteiger partial charge in [0, 0.05) is 37.2 Å². The van der Waals surface area contributed by atoms with E-state index in [0.29, 0.717) is 37.9 Å². The summed E-state index contributed by atoms with van der Waals surface area (Å²) in [5.41, 5.74) is 6.52. The molecule has 4 unspecified atom stereocenters. The molecule has 0 saturated carbocycles. The fraction of sp³-hybridized carbons (Fsp3) is 0.481. The number of ether oxygens (including phenoxy) is 2. The number of nitrogens with zero attached hydrogens (tertiary/aromatic N) is 5. The molecule has 0 bridgehead atoms. The number of halogens is 2. The van der Waals surface area contributed by atoms with Crippen molar-refractivity contribution in [2.75, 3.05) is 48.6 Å². The van der Waals surface area contributed by atoms with Gasteiger partial charge in [-0.15, -0.1) is 11.6 Å². The number of hydrogen-bond acceptors (Lipinski definition) is 9. The average molecular weight is 542 g/mol. The second kappa shape index (κ2) is 11.3. The van der Waals surface area contributed by atoms with Crippen molar-refractivity contribution >= 4 is 35.3 Å². The van der Waals surface area contributed by atoms with E-state index in [1.54, 1.807) is 12.4 Å². The van der Waals surface area contributed by atoms with Gasteiger partial charge in [0.1, 0.15) is 0 Å². The summed E-state index contributed by atoms with van der Waals surface area (Å²) in [5.74, 6) is 0.403. The first-order valence-electron chi connectivity index (χ1n) is 12.9. The molecule has 2 saturated heterocycles. The first-order valence-corrected chi connectivity index (χ1v) is 13.3. The van der Waals surface area contributed by atoms with E-state index in [4.69, 9.17) is 21.1 Å². The molecule has 3 aliphatic rings. The highest BCUT2D eigenvalue weighted by Gasteiger charge is 2.37. The van der Waals surface area contributed by atoms with Crippen LogP contribution in [0, 0.1) is 17.7 Å². The van der Waals surface area contributed by atoms with Crippen LogP contribution in [0.4, 0.5) is 21.8 Å². The molecule has 9 nitrogen and oxygen atoms in total. The van der Waals surface area contributed by atoms with E-state index in [1.807, 2.05) is 24.0 Å². The molecule has 2 fully saturated rings. The maximum atomic E-state index is 14.2. The van der Waals surface area contributed by atoms with Gasteiger partial charge in [0.15, 0.2) is 11.6 Å². The van der Waals surface area contributed by atoms with Crippen LogP contribution in [0.1, 0.15) is 32.9 Å². The Morgan fingerprint density at radius 2 is 2.00 bits per heavy atom. The Labute approximate surface area is 227 Å². The van der Waals surface area contributed by atoms with E-state index in [2.05, 4.69) is 56.8 Å². The molecule has 2 aromatic heterocycles. The third-order valence-corrected chi connectivity index (χ3v) is 7.80. The SMILES string of the molecule is CC1OCCC1C1=CC(C)(Cl)C(C)C(Nc2ccc(/C=N/Nc3ncc(F)c(N4CCOCC4)n3)nc2)=C1. The molecular weight excluding hydrogens is 509 g/mol. The summed E-state index contributed by atoms with van der Waals surface area (Å²) in [6.45, 7) is 9.29. The van der Waals surface area contributed by atoms with Crippen LogP contribution in [0.25, 0.3) is 0 Å². The lowest BCUT2D eigenvalue weighted by molar-refractivity contribution is 0.112. The molecule has 2 aliphatic heterocycles. The van der Waals surface area contributed by atoms with E-state index in [1.165, 1.54) is 5.57 Å². The Hall–Kier alpha value is -3.08. The number of hydrogen-bond donors (Lipinski definition) is 2. The highest BCUT2D eigenvalue weighted by molar-refractivity contribution is 6.25. The number of morpholine rings is 1. The number of nitrogens with one attached hydrogen (secondary N) is 2. The highest BCUT2D eigenvalue weighted by Crippen LogP contribution is 2.42. The van der Waals surface area contributed by atoms with Gasteiger partial charge in [-0.2, -0.15) is 10.1 Å². The quantitative estimate of drug-likeness (QED) is 0.298. The molecule has 0 radical (unpaired) electrons. The van der Waals surface area contributed by atoms with E-state index < -0.39 is 10.7 Å². The van der Waals surface area contributed by atoms with Gasteiger partial charge < -0.3 is 19.7 Å². The minimum Gasteiger partial charge on any atom is -0.378 e. The predicted molar refractivity (Wildman–Crippen MR) is 147 cm³/mol. The Morgan fingerprint density at radius 1 is 1.18 bits per heavy atom. The van der Waals surface area contributed by atoms with E-state index >= 15 is 0 Å². The summed E-state index contributed by atoms with van der Waals surface area (Å²) in [6, 6.07) is 3.80. The van der Waals surface area contributed by atoms with Gasteiger partial charge in [0.2, 0.25) is 5.95 Å². The van der Waals surface area contributed by atoms with Crippen LogP contribution in [0.5, 0.6) is 0 Å². The van der Waals surface area contributed by atoms with Crippen LogP contribution in [-0.4, -0.2) is 65.1 Å². The number of allylic oxidation sites excluding steroid dienone is 3. The third kappa shape index (κ3) is 5.98. The van der Waals surface area contributed by atoms with Crippen molar-refractivity contribution < 1.29 is 13.9 Å². The fourth-order valence-corrected chi connectivity index (χ4v) is 5.16. The normalized spacial score (nSPS) is 27.8. The van der Waals surface area contributed by atoms with Crippen molar-refractivity contribution in [3.8, 4) is 0 Å². The van der Waals surface area contributed by atoms with Crippen LogP contribution in [-0.2, 0) is 9.47 Å². The van der Waals surface area contributed by atoms with Gasteiger partial charge in [-0.05, 0) is 44.1 Å². The first-order chi connectivity index (χ1) is 18.3. The van der Waals surface area contributed by atoms with Crippen molar-refractivity contribution in [2.24, 2.45) is 16.9 Å². The van der Waals surface area contributed by atoms with Gasteiger partial charge in [-0.3, -0.25) is 4.98 Å². The molecule has 202 valence electrons. The topological polar surface area (TPSA) is 96.8 Å². The number of aromatic nitrogens is 3. The maximum Gasteiger partial charge on any atom is 0.245 e. The Kier molecular flexibility index (Phi) is 7.92. The first kappa shape index (κ1) is 26.5. The lowest BCUT2D eigenvalue weighted by atomic mass is 9.79. The summed E-state index contributed by atoms with van der Waals surface area (Å²) in [6.07, 6.45) is 10.0. The summed E-state index contributed by atoms with van der Waals surface area (Å²) < 4.78 is 25.3. The standard InChI is InChI=1S/C27H33ClFN7O2/c1-17-24(12-19(13-27(17,3)28)22-6-9-38-18(22)2)33-21-5-4-20(30-14-21)15-32-35-26-31-16-23(29)25(34-26)36-7-10-37-11-8-36/h4-5,12-18,22,33H,6-11H2,1-3H3,(H,31,34,35)/b32-15+. The second-order valence-corrected chi connectivity index (χ2v) is 10.8. The molecule has 2 N–H and O–H groups in total. The molecule has 4 atom stereocenters. The van der Waals surface area contributed by atoms with Crippen molar-refractivity contribution in [3.63, 3.8) is 0 Å². The zero-order valence-electron chi connectivity index (χ0n) is 21.8. The Morgan fingerprint density at radius 3 is 2.71 bits per heavy atom. The minimum absolute atomic E-state index is 0.0917. The molecule has 0 aromatic carbocycles. The summed E-state index contributed by atoms with van der Waals surface area (Å²) in [5, 5.41) is 7.68. The van der Waals surface area contributed by atoms with Crippen molar-refractivity contribution in [3.05, 3.63) is 59.5 Å². The lowest BCUT2D eigenvalue weighted by Crippen LogP contribution is -2.37. The molecule has 2 aromatic rings. The average Bonchev–Trinajstić information content (AvgIpc) is 3.35. The lowest BCUT2D eigenvalue weighted by Gasteiger charge is -2.35. The molecule has 1 aliphatic carbocycles. The van der Waals surface area contributed by atoms with Crippen LogP contribution < -0.4 is 15.6 Å². The number of hydrazone groups is 1. The molecule has 0 amide bonds. The van der Waals surface area contributed by atoms with E-state index in [-0.39, 0.29) is 23.8 Å². The Balaban J connectivity index is 1.23. The van der Waals surface area contributed by atoms with Crippen LogP contribution >= 0.6 is 11.6 Å². The number of rotatable bonds is 7. The molecule has 11 heteroatoms. The monoisotopic (exact) mass is 541 g/mol. The highest BCUT2D eigenvalue weighted by atomic mass is 35.5. The molecular formula is C27H33ClFN7O2. The molecule has 5 rings (SSSR count). The molecule has 4 heterocycles. The zero-order valence-corrected chi connectivity index (χ0v) is 22.6. The van der Waals surface area contributed by atoms with Crippen molar-refractivity contribution in [1.82, 2.24) is 15.0 Å². The smallest absolute Gasteiger partial charge is 0.245 e. The summed E-state index contributed by atoms with van der Waals surface area (Å²) in [4.78, 5) is 14.1. The van der Waals surface area contributed by atoms with Crippen molar-refractivity contribution in [1.29, 1.82) is 0 Å². The fourth-order valence-electron chi connectivity index (χ4n) is 4.92. The van der Waals surface area contributed by atoms with Gasteiger partial charge in [-0.1, -0.05) is 13.0 Å². The second-order valence-electron chi connectivity index (χ2n) is 10.0. The van der Waals surface area contributed by atoms with Gasteiger partial charge >= 0.3 is 0 Å². The summed E-state index contributed by atoms with van der Waals surface area (Å²) >= 11 is 6.92. The molecule has 0 spiro atoms. The Bertz CT molecular complexity index is 1230. The number of anilines is 3. The van der Waals surface area contributed by atoms with Gasteiger partial charge in [0.25, 0.3) is 0 Å². The minimum atomic E-state index is -0.496. The number of pyridine rings is 1. The van der Waals surface area contributed by atoms with Gasteiger partial charge in [0.05, 0.1) is 54.2 Å². The maximum absolute atomic E-state index is 14.2. The predicted octanol–water partition coefficient (Wildman–Crippen LogP) is 4.59. The summed E-state index contributed by atoms with van der Waals surface area (Å²) in [7, 11) is 0. The van der Waals surface area contributed by atoms with Crippen molar-refractivity contribution in [2.45, 2.75) is 38.2 Å². The third-order valence-electron chi connectivity index (χ3n) is 7.36. The molecule has 38 heavy (non-hydrogen) atoms. The number of alkyl halides is 1. The van der Waals surface area contributed by atoms with E-state index in [9.17, 15) is 4.39 Å². The van der Waals surface area contributed by atoms with Crippen LogP contribution in [0.3, 0.4) is 0 Å².